The summed E-state index contributed by atoms with van der Waals surface area (Å²) in [6, 6.07) is 7.33. The molecule has 12 heteroatoms. The number of primary amides is 1. The average molecular weight is 463 g/mol. The van der Waals surface area contributed by atoms with Crippen molar-refractivity contribution in [1.82, 2.24) is 15.0 Å². The molecule has 2 heterocycles. The van der Waals surface area contributed by atoms with Crippen LogP contribution in [0.25, 0.3) is 0 Å². The zero-order chi connectivity index (χ0) is 23.0. The van der Waals surface area contributed by atoms with Gasteiger partial charge in [-0.3, -0.25) is 9.69 Å². The number of amides is 1. The van der Waals surface area contributed by atoms with Crippen LogP contribution in [0.3, 0.4) is 0 Å². The molecule has 0 radical (unpaired) electrons. The normalized spacial score (nSPS) is 15.2. The second kappa shape index (κ2) is 8.28. The van der Waals surface area contributed by atoms with Gasteiger partial charge in [0.05, 0.1) is 4.90 Å². The smallest absolute Gasteiger partial charge is 0.335 e. The van der Waals surface area contributed by atoms with Gasteiger partial charge in [0.15, 0.2) is 0 Å². The Morgan fingerprint density at radius 3 is 2.56 bits per heavy atom. The minimum atomic E-state index is -4.08. The Bertz CT molecular complexity index is 1270. The van der Waals surface area contributed by atoms with E-state index in [2.05, 4.69) is 14.9 Å². The highest BCUT2D eigenvalue weighted by Crippen LogP contribution is 2.30. The van der Waals surface area contributed by atoms with Crippen LogP contribution < -0.4 is 10.5 Å². The molecule has 3 N–H and O–H groups in total. The van der Waals surface area contributed by atoms with Crippen molar-refractivity contribution in [2.24, 2.45) is 5.73 Å². The van der Waals surface area contributed by atoms with Crippen molar-refractivity contribution < 1.29 is 26.5 Å². The molecule has 1 aliphatic heterocycles. The van der Waals surface area contributed by atoms with E-state index >= 15 is 0 Å². The molecule has 32 heavy (non-hydrogen) atoms. The van der Waals surface area contributed by atoms with Crippen molar-refractivity contribution in [3.8, 4) is 0 Å². The van der Waals surface area contributed by atoms with Crippen molar-refractivity contribution >= 4 is 21.9 Å². The number of benzene rings is 2. The fourth-order valence-corrected chi connectivity index (χ4v) is 4.59. The molecule has 0 aliphatic carbocycles. The summed E-state index contributed by atoms with van der Waals surface area (Å²) in [5.41, 5.74) is 7.27. The minimum Gasteiger partial charge on any atom is -0.363 e. The highest BCUT2D eigenvalue weighted by atomic mass is 32.2. The summed E-state index contributed by atoms with van der Waals surface area (Å²) in [6.07, 6.45) is 0.650. The van der Waals surface area contributed by atoms with Crippen molar-refractivity contribution in [3.05, 3.63) is 70.5 Å². The maximum absolute atomic E-state index is 13.6. The molecule has 0 spiro atoms. The molecule has 1 aromatic heterocycles. The number of nitrogens with zero attached hydrogens (tertiary/aromatic N) is 3. The second-order valence-corrected chi connectivity index (χ2v) is 9.11. The van der Waals surface area contributed by atoms with Crippen molar-refractivity contribution in [1.29, 1.82) is 0 Å². The first-order valence-corrected chi connectivity index (χ1v) is 11.1. The first-order chi connectivity index (χ1) is 15.1. The van der Waals surface area contributed by atoms with Gasteiger partial charge in [-0.25, -0.2) is 21.9 Å². The van der Waals surface area contributed by atoms with Crippen LogP contribution in [-0.4, -0.2) is 35.9 Å². The summed E-state index contributed by atoms with van der Waals surface area (Å²) in [7, 11) is -4.08. The van der Waals surface area contributed by atoms with Gasteiger partial charge in [0.2, 0.25) is 0 Å². The van der Waals surface area contributed by atoms with Crippen molar-refractivity contribution in [2.75, 3.05) is 11.3 Å². The molecule has 0 saturated heterocycles. The number of halogens is 2. The Morgan fingerprint density at radius 1 is 1.19 bits per heavy atom. The number of anilines is 1. The molecule has 1 unspecified atom stereocenters. The van der Waals surface area contributed by atoms with Gasteiger partial charge in [0, 0.05) is 25.2 Å². The number of hydrogen-bond acceptors (Lipinski definition) is 7. The predicted molar refractivity (Wildman–Crippen MR) is 109 cm³/mol. The highest BCUT2D eigenvalue weighted by molar-refractivity contribution is 7.92. The van der Waals surface area contributed by atoms with E-state index in [4.69, 9.17) is 10.3 Å². The lowest BCUT2D eigenvalue weighted by Gasteiger charge is -2.34. The van der Waals surface area contributed by atoms with Gasteiger partial charge in [-0.05, 0) is 59.5 Å². The first kappa shape index (κ1) is 21.8. The average Bonchev–Trinajstić information content (AvgIpc) is 3.20. The van der Waals surface area contributed by atoms with Gasteiger partial charge >= 0.3 is 6.01 Å². The van der Waals surface area contributed by atoms with E-state index in [0.717, 1.165) is 17.2 Å². The fourth-order valence-electron chi connectivity index (χ4n) is 3.62. The monoisotopic (exact) mass is 463 g/mol. The molecule has 9 nitrogen and oxygen atoms in total. The maximum atomic E-state index is 13.6. The number of carbonyl (C=O) groups excluding carboxylic acids is 1. The van der Waals surface area contributed by atoms with Gasteiger partial charge in [-0.1, -0.05) is 6.07 Å². The summed E-state index contributed by atoms with van der Waals surface area (Å²) in [6.45, 7) is 2.88. The lowest BCUT2D eigenvalue weighted by Crippen LogP contribution is -2.33. The third-order valence-corrected chi connectivity index (χ3v) is 6.63. The van der Waals surface area contributed by atoms with Crippen LogP contribution in [0.1, 0.15) is 40.3 Å². The summed E-state index contributed by atoms with van der Waals surface area (Å²) in [5, 5.41) is 3.29. The number of sulfonamides is 1. The van der Waals surface area contributed by atoms with Crippen LogP contribution in [0.2, 0.25) is 0 Å². The van der Waals surface area contributed by atoms with Gasteiger partial charge in [-0.2, -0.15) is 4.98 Å². The molecule has 0 bridgehead atoms. The third-order valence-electron chi connectivity index (χ3n) is 5.31. The first-order valence-electron chi connectivity index (χ1n) is 9.60. The Balaban J connectivity index is 1.56. The summed E-state index contributed by atoms with van der Waals surface area (Å²) in [5.74, 6) is -2.71. The number of rotatable bonds is 6. The van der Waals surface area contributed by atoms with E-state index in [1.165, 1.54) is 24.3 Å². The Kier molecular flexibility index (Phi) is 5.65. The maximum Gasteiger partial charge on any atom is 0.335 e. The molecule has 168 valence electrons. The molecule has 0 saturated carbocycles. The lowest BCUT2D eigenvalue weighted by atomic mass is 9.97. The molecule has 1 amide bonds. The molecule has 4 rings (SSSR count). The molecule has 0 fully saturated rings. The number of hydrogen-bond donors (Lipinski definition) is 2. The summed E-state index contributed by atoms with van der Waals surface area (Å²) < 4.78 is 59.5. The molecular weight excluding hydrogens is 444 g/mol. The van der Waals surface area contributed by atoms with E-state index in [0.29, 0.717) is 25.1 Å². The van der Waals surface area contributed by atoms with Gasteiger partial charge < -0.3 is 10.3 Å². The SMILES string of the molecule is CC(c1cc(F)cc(F)c1)N1CCc2ccc(S(=O)(=O)Nc3nc(C(N)=O)no3)cc2C1. The van der Waals surface area contributed by atoms with E-state index in [-0.39, 0.29) is 10.9 Å². The van der Waals surface area contributed by atoms with E-state index in [9.17, 15) is 22.0 Å². The lowest BCUT2D eigenvalue weighted by molar-refractivity contribution is 0.0987. The van der Waals surface area contributed by atoms with Crippen molar-refractivity contribution in [2.45, 2.75) is 30.8 Å². The number of nitrogens with two attached hydrogens (primary N) is 1. The van der Waals surface area contributed by atoms with Crippen LogP contribution in [0.15, 0.2) is 45.8 Å². The third kappa shape index (κ3) is 4.46. The van der Waals surface area contributed by atoms with E-state index < -0.39 is 39.4 Å². The largest absolute Gasteiger partial charge is 0.363 e. The van der Waals surface area contributed by atoms with Crippen LogP contribution in [0.4, 0.5) is 14.8 Å². The van der Waals surface area contributed by atoms with Crippen LogP contribution >= 0.6 is 0 Å². The zero-order valence-corrected chi connectivity index (χ0v) is 17.7. The van der Waals surface area contributed by atoms with E-state index in [1.807, 2.05) is 11.8 Å². The summed E-state index contributed by atoms with van der Waals surface area (Å²) in [4.78, 5) is 16.6. The predicted octanol–water partition coefficient (Wildman–Crippen LogP) is 2.37. The Morgan fingerprint density at radius 2 is 1.91 bits per heavy atom. The topological polar surface area (TPSA) is 131 Å². The highest BCUT2D eigenvalue weighted by Gasteiger charge is 2.25. The molecule has 1 aliphatic rings. The molecule has 2 aromatic carbocycles. The van der Waals surface area contributed by atoms with Crippen LogP contribution in [-0.2, 0) is 23.0 Å². The number of carbonyl (C=O) groups is 1. The second-order valence-electron chi connectivity index (χ2n) is 7.42. The summed E-state index contributed by atoms with van der Waals surface area (Å²) >= 11 is 0. The fraction of sp³-hybridized carbons (Fsp3) is 0.250. The zero-order valence-electron chi connectivity index (χ0n) is 16.9. The van der Waals surface area contributed by atoms with Gasteiger partial charge in [0.25, 0.3) is 21.8 Å². The van der Waals surface area contributed by atoms with E-state index in [1.54, 1.807) is 6.07 Å². The van der Waals surface area contributed by atoms with Crippen LogP contribution in [0, 0.1) is 11.6 Å². The van der Waals surface area contributed by atoms with Gasteiger partial charge in [0.1, 0.15) is 11.6 Å². The number of aromatic nitrogens is 2. The Labute approximate surface area is 182 Å². The molecular formula is C20H19F2N5O4S. The quantitative estimate of drug-likeness (QED) is 0.574. The standard InChI is InChI=1S/C20H19F2N5O4S/c1-11(13-6-15(21)9-16(22)7-13)27-5-4-12-2-3-17(8-14(12)10-27)32(29,30)26-20-24-19(18(23)28)25-31-20/h2-3,6-9,11H,4-5,10H2,1H3,(H2,23,28)(H,24,25,26). The minimum absolute atomic E-state index is 0.0404. The van der Waals surface area contributed by atoms with Gasteiger partial charge in [-0.15, -0.1) is 0 Å². The molecule has 3 aromatic rings. The Hall–Kier alpha value is -3.38. The molecule has 1 atom stereocenters. The number of nitrogens with one attached hydrogen (secondary N) is 1. The van der Waals surface area contributed by atoms with Crippen molar-refractivity contribution in [3.63, 3.8) is 0 Å². The van der Waals surface area contributed by atoms with Crippen LogP contribution in [0.5, 0.6) is 0 Å². The number of fused-ring (bicyclic) bond motifs is 1.